The number of rotatable bonds is 5. The van der Waals surface area contributed by atoms with Gasteiger partial charge in [-0.05, 0) is 37.5 Å². The van der Waals surface area contributed by atoms with Crippen molar-refractivity contribution in [1.29, 1.82) is 0 Å². The minimum absolute atomic E-state index is 0.00404. The van der Waals surface area contributed by atoms with Crippen LogP contribution in [0.2, 0.25) is 0 Å². The number of carbonyl (C=O) groups is 2. The fraction of sp³-hybridized carbons (Fsp3) is 0.556. The van der Waals surface area contributed by atoms with E-state index in [0.29, 0.717) is 6.54 Å². The zero-order chi connectivity index (χ0) is 17.0. The van der Waals surface area contributed by atoms with E-state index < -0.39 is 0 Å². The number of likely N-dealkylation sites (tertiary alicyclic amines) is 1. The van der Waals surface area contributed by atoms with Gasteiger partial charge in [0.25, 0.3) is 5.91 Å². The molecule has 0 aliphatic carbocycles. The van der Waals surface area contributed by atoms with Crippen molar-refractivity contribution < 1.29 is 14.5 Å². The molecule has 1 aliphatic rings. The van der Waals surface area contributed by atoms with E-state index in [1.165, 1.54) is 16.0 Å². The van der Waals surface area contributed by atoms with E-state index in [9.17, 15) is 9.59 Å². The molecule has 1 heterocycles. The molecule has 0 saturated carbocycles. The Morgan fingerprint density at radius 2 is 1.91 bits per heavy atom. The first-order chi connectivity index (χ1) is 10.9. The molecule has 1 atom stereocenters. The Morgan fingerprint density at radius 1 is 1.26 bits per heavy atom. The van der Waals surface area contributed by atoms with E-state index in [0.717, 1.165) is 31.5 Å². The summed E-state index contributed by atoms with van der Waals surface area (Å²) in [6.45, 7) is 8.30. The molecule has 0 bridgehead atoms. The normalized spacial score (nSPS) is 22.4. The van der Waals surface area contributed by atoms with Gasteiger partial charge in [0, 0.05) is 18.8 Å². The van der Waals surface area contributed by atoms with Crippen molar-refractivity contribution in [2.45, 2.75) is 39.7 Å². The van der Waals surface area contributed by atoms with Crippen LogP contribution >= 0.6 is 0 Å². The lowest BCUT2D eigenvalue weighted by atomic mass is 9.96. The summed E-state index contributed by atoms with van der Waals surface area (Å²) >= 11 is 0. The van der Waals surface area contributed by atoms with Crippen LogP contribution in [0, 0.1) is 19.8 Å². The fourth-order valence-electron chi connectivity index (χ4n) is 3.12. The summed E-state index contributed by atoms with van der Waals surface area (Å²) in [4.78, 5) is 24.6. The van der Waals surface area contributed by atoms with Crippen molar-refractivity contribution in [1.82, 2.24) is 5.32 Å². The predicted octanol–water partition coefficient (Wildman–Crippen LogP) is 0.261. The van der Waals surface area contributed by atoms with E-state index >= 15 is 0 Å². The van der Waals surface area contributed by atoms with Gasteiger partial charge in [0.2, 0.25) is 5.91 Å². The first kappa shape index (κ1) is 17.5. The topological polar surface area (TPSA) is 76.6 Å². The standard InChI is InChI=1S/C18H27N3O2/c1-12-4-5-16(10-13(12)2)14(3)20-17(22)11-21-8-6-15(7-9-21)18(19)23/h4-5,10,14-15H,6-9,11H2,1-3H3,(H2,19,23)(H,20,22)/p+1/t14-/m0/s1. The quantitative estimate of drug-likeness (QED) is 0.728. The molecular formula is C18H28N3O2+. The lowest BCUT2D eigenvalue weighted by Crippen LogP contribution is -3.14. The lowest BCUT2D eigenvalue weighted by molar-refractivity contribution is -0.897. The minimum Gasteiger partial charge on any atom is -0.369 e. The van der Waals surface area contributed by atoms with Crippen LogP contribution in [0.15, 0.2) is 18.2 Å². The van der Waals surface area contributed by atoms with Crippen molar-refractivity contribution in [3.8, 4) is 0 Å². The molecule has 5 nitrogen and oxygen atoms in total. The molecule has 1 aromatic carbocycles. The van der Waals surface area contributed by atoms with E-state index in [-0.39, 0.29) is 23.8 Å². The van der Waals surface area contributed by atoms with Crippen molar-refractivity contribution in [2.24, 2.45) is 11.7 Å². The monoisotopic (exact) mass is 318 g/mol. The van der Waals surface area contributed by atoms with Gasteiger partial charge in [-0.1, -0.05) is 18.2 Å². The maximum atomic E-state index is 12.2. The van der Waals surface area contributed by atoms with Crippen LogP contribution in [0.1, 0.15) is 42.5 Å². The van der Waals surface area contributed by atoms with E-state index in [1.807, 2.05) is 6.92 Å². The number of nitrogens with one attached hydrogen (secondary N) is 2. The molecule has 23 heavy (non-hydrogen) atoms. The average molecular weight is 318 g/mol. The van der Waals surface area contributed by atoms with Gasteiger partial charge >= 0.3 is 0 Å². The molecule has 5 heteroatoms. The van der Waals surface area contributed by atoms with Gasteiger partial charge in [-0.15, -0.1) is 0 Å². The molecule has 0 aromatic heterocycles. The van der Waals surface area contributed by atoms with Gasteiger partial charge in [0.1, 0.15) is 0 Å². The largest absolute Gasteiger partial charge is 0.369 e. The number of nitrogens with two attached hydrogens (primary N) is 1. The number of amides is 2. The zero-order valence-electron chi connectivity index (χ0n) is 14.3. The molecule has 4 N–H and O–H groups in total. The molecule has 1 aliphatic heterocycles. The van der Waals surface area contributed by atoms with Crippen LogP contribution in [0.5, 0.6) is 0 Å². The molecule has 0 spiro atoms. The molecule has 0 radical (unpaired) electrons. The lowest BCUT2D eigenvalue weighted by Gasteiger charge is -2.27. The second-order valence-electron chi connectivity index (χ2n) is 6.74. The second kappa shape index (κ2) is 7.59. The van der Waals surface area contributed by atoms with Gasteiger partial charge in [-0.25, -0.2) is 0 Å². The van der Waals surface area contributed by atoms with Crippen LogP contribution in [-0.4, -0.2) is 31.4 Å². The fourth-order valence-corrected chi connectivity index (χ4v) is 3.12. The van der Waals surface area contributed by atoms with Gasteiger partial charge in [0.15, 0.2) is 6.54 Å². The molecular weight excluding hydrogens is 290 g/mol. The minimum atomic E-state index is -0.211. The maximum Gasteiger partial charge on any atom is 0.275 e. The van der Waals surface area contributed by atoms with Gasteiger partial charge < -0.3 is 16.0 Å². The Bertz CT molecular complexity index is 578. The summed E-state index contributed by atoms with van der Waals surface area (Å²) in [6, 6.07) is 6.29. The Morgan fingerprint density at radius 3 is 2.48 bits per heavy atom. The highest BCUT2D eigenvalue weighted by molar-refractivity contribution is 5.77. The van der Waals surface area contributed by atoms with Gasteiger partial charge in [0.05, 0.1) is 19.1 Å². The van der Waals surface area contributed by atoms with Crippen molar-refractivity contribution in [3.63, 3.8) is 0 Å². The number of hydrogen-bond donors (Lipinski definition) is 3. The average Bonchev–Trinajstić information content (AvgIpc) is 2.50. The molecule has 0 unspecified atom stereocenters. The van der Waals surface area contributed by atoms with Crippen LogP contribution in [0.4, 0.5) is 0 Å². The second-order valence-corrected chi connectivity index (χ2v) is 6.74. The number of quaternary nitrogens is 1. The summed E-state index contributed by atoms with van der Waals surface area (Å²) < 4.78 is 0. The van der Waals surface area contributed by atoms with E-state index in [4.69, 9.17) is 5.73 Å². The summed E-state index contributed by atoms with van der Waals surface area (Å²) in [6.07, 6.45) is 1.56. The maximum absolute atomic E-state index is 12.2. The molecule has 1 fully saturated rings. The highest BCUT2D eigenvalue weighted by Crippen LogP contribution is 2.16. The van der Waals surface area contributed by atoms with Crippen LogP contribution in [0.3, 0.4) is 0 Å². The third kappa shape index (κ3) is 4.79. The Balaban J connectivity index is 1.82. The molecule has 2 amide bonds. The number of piperidine rings is 1. The molecule has 2 rings (SSSR count). The molecule has 126 valence electrons. The number of primary amides is 1. The third-order valence-electron chi connectivity index (χ3n) is 4.91. The smallest absolute Gasteiger partial charge is 0.275 e. The zero-order valence-corrected chi connectivity index (χ0v) is 14.3. The number of aryl methyl sites for hydroxylation is 2. The van der Waals surface area contributed by atoms with E-state index in [1.54, 1.807) is 0 Å². The predicted molar refractivity (Wildman–Crippen MR) is 90.0 cm³/mol. The van der Waals surface area contributed by atoms with Gasteiger partial charge in [-0.3, -0.25) is 9.59 Å². The Labute approximate surface area is 138 Å². The summed E-state index contributed by atoms with van der Waals surface area (Å²) in [5.41, 5.74) is 8.97. The Hall–Kier alpha value is -1.88. The van der Waals surface area contributed by atoms with E-state index in [2.05, 4.69) is 37.4 Å². The number of benzene rings is 1. The summed E-state index contributed by atoms with van der Waals surface area (Å²) in [5, 5.41) is 3.07. The van der Waals surface area contributed by atoms with Gasteiger partial charge in [-0.2, -0.15) is 0 Å². The molecule has 1 saturated heterocycles. The van der Waals surface area contributed by atoms with Crippen LogP contribution in [0.25, 0.3) is 0 Å². The third-order valence-corrected chi connectivity index (χ3v) is 4.91. The number of carbonyl (C=O) groups excluding carboxylic acids is 2. The molecule has 1 aromatic rings. The summed E-state index contributed by atoms with van der Waals surface area (Å²) in [7, 11) is 0. The first-order valence-electron chi connectivity index (χ1n) is 8.36. The van der Waals surface area contributed by atoms with Crippen molar-refractivity contribution in [2.75, 3.05) is 19.6 Å². The SMILES string of the molecule is Cc1ccc([C@H](C)NC(=O)C[NH+]2CCC(C(N)=O)CC2)cc1C. The highest BCUT2D eigenvalue weighted by Gasteiger charge is 2.27. The van der Waals surface area contributed by atoms with Crippen LogP contribution in [-0.2, 0) is 9.59 Å². The first-order valence-corrected chi connectivity index (χ1v) is 8.36. The highest BCUT2D eigenvalue weighted by atomic mass is 16.2. The van der Waals surface area contributed by atoms with Crippen molar-refractivity contribution >= 4 is 11.8 Å². The Kier molecular flexibility index (Phi) is 5.77. The number of hydrogen-bond acceptors (Lipinski definition) is 2. The van der Waals surface area contributed by atoms with Crippen molar-refractivity contribution in [3.05, 3.63) is 34.9 Å². The van der Waals surface area contributed by atoms with Crippen LogP contribution < -0.4 is 16.0 Å². The summed E-state index contributed by atoms with van der Waals surface area (Å²) in [5.74, 6) is -0.170.